The van der Waals surface area contributed by atoms with Crippen molar-refractivity contribution >= 4 is 5.91 Å². The summed E-state index contributed by atoms with van der Waals surface area (Å²) in [6.45, 7) is 4.47. The van der Waals surface area contributed by atoms with E-state index < -0.39 is 28.9 Å². The molecule has 180 valence electrons. The van der Waals surface area contributed by atoms with Crippen LogP contribution in [-0.4, -0.2) is 41.4 Å². The van der Waals surface area contributed by atoms with Gasteiger partial charge in [-0.05, 0) is 17.5 Å². The molecule has 0 aromatic heterocycles. The van der Waals surface area contributed by atoms with Gasteiger partial charge in [0.25, 0.3) is 5.60 Å². The number of carbonyl (C=O) groups excluding carboxylic acids is 1. The molecule has 1 amide bonds. The number of hydrogen-bond acceptors (Lipinski definition) is 2. The quantitative estimate of drug-likeness (QED) is 0.568. The summed E-state index contributed by atoms with van der Waals surface area (Å²) >= 11 is 0. The molecule has 0 spiro atoms. The molecule has 3 nitrogen and oxygen atoms in total. The Balaban J connectivity index is 2.03. The van der Waals surface area contributed by atoms with E-state index in [0.29, 0.717) is 37.1 Å². The van der Waals surface area contributed by atoms with Crippen molar-refractivity contribution in [1.82, 2.24) is 4.90 Å². The lowest BCUT2D eigenvalue weighted by atomic mass is 9.71. The van der Waals surface area contributed by atoms with Crippen LogP contribution in [0.4, 0.5) is 26.3 Å². The molecule has 2 aromatic carbocycles. The SMILES string of the molecule is CCCC(=O)N1C[C@@H](c2ccc(C(O)(C(F)(F)F)C(F)(F)F)cc2)[C@@](C)(c2ccccc2)C1. The molecule has 1 aliphatic rings. The standard InChI is InChI=1S/C24H25F6NO2/c1-3-7-20(32)31-14-19(21(2,15-31)17-8-5-4-6-9-17)16-10-12-18(13-11-16)22(33,23(25,26)27)24(28,29)30/h4-6,8-13,19,33H,3,7,14-15H2,1-2H3/t19-,21+/m0/s1. The Hall–Kier alpha value is -2.55. The van der Waals surface area contributed by atoms with Crippen molar-refractivity contribution in [3.63, 3.8) is 0 Å². The maximum Gasteiger partial charge on any atom is 0.430 e. The van der Waals surface area contributed by atoms with Crippen LogP contribution in [0.1, 0.15) is 49.3 Å². The lowest BCUT2D eigenvalue weighted by molar-refractivity contribution is -0.376. The number of rotatable bonds is 5. The predicted molar refractivity (Wildman–Crippen MR) is 110 cm³/mol. The largest absolute Gasteiger partial charge is 0.430 e. The zero-order chi connectivity index (χ0) is 24.7. The summed E-state index contributed by atoms with van der Waals surface area (Å²) in [7, 11) is 0. The number of benzene rings is 2. The molecule has 1 fully saturated rings. The Labute approximate surface area is 188 Å². The van der Waals surface area contributed by atoms with Gasteiger partial charge in [-0.3, -0.25) is 4.79 Å². The van der Waals surface area contributed by atoms with Crippen LogP contribution in [0.15, 0.2) is 54.6 Å². The van der Waals surface area contributed by atoms with Gasteiger partial charge in [0.1, 0.15) is 0 Å². The number of nitrogens with zero attached hydrogens (tertiary/aromatic N) is 1. The maximum absolute atomic E-state index is 13.2. The van der Waals surface area contributed by atoms with E-state index in [0.717, 1.165) is 5.56 Å². The molecule has 1 heterocycles. The lowest BCUT2D eigenvalue weighted by Gasteiger charge is -2.34. The van der Waals surface area contributed by atoms with Gasteiger partial charge in [-0.2, -0.15) is 26.3 Å². The van der Waals surface area contributed by atoms with Crippen molar-refractivity contribution in [3.8, 4) is 0 Å². The first-order valence-corrected chi connectivity index (χ1v) is 10.5. The molecule has 9 heteroatoms. The highest BCUT2D eigenvalue weighted by atomic mass is 19.4. The highest BCUT2D eigenvalue weighted by Crippen LogP contribution is 2.51. The maximum atomic E-state index is 13.2. The van der Waals surface area contributed by atoms with Gasteiger partial charge in [0.2, 0.25) is 5.91 Å². The number of halogens is 6. The molecule has 0 aliphatic carbocycles. The van der Waals surface area contributed by atoms with Gasteiger partial charge in [-0.1, -0.05) is 68.4 Å². The molecular weight excluding hydrogens is 448 g/mol. The molecule has 3 rings (SSSR count). The van der Waals surface area contributed by atoms with Crippen LogP contribution in [-0.2, 0) is 15.8 Å². The minimum absolute atomic E-state index is 0.0534. The second-order valence-electron chi connectivity index (χ2n) is 8.69. The molecule has 0 saturated carbocycles. The summed E-state index contributed by atoms with van der Waals surface area (Å²) in [5, 5.41) is 9.66. The van der Waals surface area contributed by atoms with Crippen molar-refractivity contribution in [3.05, 3.63) is 71.3 Å². The van der Waals surface area contributed by atoms with Crippen molar-refractivity contribution < 1.29 is 36.2 Å². The van der Waals surface area contributed by atoms with Crippen molar-refractivity contribution in [1.29, 1.82) is 0 Å². The Bertz CT molecular complexity index is 957. The highest BCUT2D eigenvalue weighted by Gasteiger charge is 2.71. The zero-order valence-corrected chi connectivity index (χ0v) is 18.2. The zero-order valence-electron chi connectivity index (χ0n) is 18.2. The summed E-state index contributed by atoms with van der Waals surface area (Å²) in [5.41, 5.74) is -5.47. The number of alkyl halides is 6. The van der Waals surface area contributed by atoms with Crippen LogP contribution in [0.2, 0.25) is 0 Å². The molecular formula is C24H25F6NO2. The van der Waals surface area contributed by atoms with Crippen molar-refractivity contribution in [2.45, 2.75) is 56.0 Å². The minimum atomic E-state index is -5.94. The fraction of sp³-hybridized carbons (Fsp3) is 0.458. The van der Waals surface area contributed by atoms with E-state index in [4.69, 9.17) is 0 Å². The fourth-order valence-corrected chi connectivity index (χ4v) is 4.58. The molecule has 2 atom stereocenters. The molecule has 0 radical (unpaired) electrons. The first kappa shape index (κ1) is 25.1. The molecule has 0 bridgehead atoms. The smallest absolute Gasteiger partial charge is 0.369 e. The number of aliphatic hydroxyl groups is 1. The Morgan fingerprint density at radius 2 is 1.55 bits per heavy atom. The van der Waals surface area contributed by atoms with Crippen LogP contribution in [0.3, 0.4) is 0 Å². The molecule has 1 aliphatic heterocycles. The number of amides is 1. The number of likely N-dealkylation sites (tertiary alicyclic amines) is 1. The number of carbonyl (C=O) groups is 1. The third-order valence-corrected chi connectivity index (χ3v) is 6.49. The van der Waals surface area contributed by atoms with Crippen LogP contribution in [0.25, 0.3) is 0 Å². The summed E-state index contributed by atoms with van der Waals surface area (Å²) in [6, 6.07) is 13.0. The van der Waals surface area contributed by atoms with E-state index in [9.17, 15) is 36.2 Å². The average Bonchev–Trinajstić information content (AvgIpc) is 3.11. The fourth-order valence-electron chi connectivity index (χ4n) is 4.58. The Morgan fingerprint density at radius 3 is 2.03 bits per heavy atom. The van der Waals surface area contributed by atoms with E-state index in [2.05, 4.69) is 0 Å². The monoisotopic (exact) mass is 473 g/mol. The topological polar surface area (TPSA) is 40.5 Å². The molecule has 0 unspecified atom stereocenters. The second-order valence-corrected chi connectivity index (χ2v) is 8.69. The van der Waals surface area contributed by atoms with Crippen LogP contribution in [0, 0.1) is 0 Å². The van der Waals surface area contributed by atoms with E-state index in [1.165, 1.54) is 12.1 Å². The summed E-state index contributed by atoms with van der Waals surface area (Å²) in [4.78, 5) is 14.3. The van der Waals surface area contributed by atoms with Crippen LogP contribution in [0.5, 0.6) is 0 Å². The van der Waals surface area contributed by atoms with E-state index in [1.54, 1.807) is 4.90 Å². The van der Waals surface area contributed by atoms with Crippen molar-refractivity contribution in [2.75, 3.05) is 13.1 Å². The van der Waals surface area contributed by atoms with E-state index in [1.807, 2.05) is 44.2 Å². The van der Waals surface area contributed by atoms with Gasteiger partial charge in [-0.15, -0.1) is 0 Å². The van der Waals surface area contributed by atoms with Gasteiger partial charge in [0.05, 0.1) is 0 Å². The Morgan fingerprint density at radius 1 is 1.00 bits per heavy atom. The van der Waals surface area contributed by atoms with Gasteiger partial charge >= 0.3 is 12.4 Å². The van der Waals surface area contributed by atoms with Gasteiger partial charge in [-0.25, -0.2) is 0 Å². The normalized spacial score (nSPS) is 22.0. The lowest BCUT2D eigenvalue weighted by Crippen LogP contribution is -2.53. The predicted octanol–water partition coefficient (Wildman–Crippen LogP) is 5.68. The van der Waals surface area contributed by atoms with E-state index in [-0.39, 0.29) is 18.4 Å². The highest BCUT2D eigenvalue weighted by molar-refractivity contribution is 5.77. The summed E-state index contributed by atoms with van der Waals surface area (Å²) in [6.07, 6.45) is -10.9. The molecule has 1 N–H and O–H groups in total. The molecule has 1 saturated heterocycles. The average molecular weight is 473 g/mol. The van der Waals surface area contributed by atoms with Gasteiger partial charge in [0, 0.05) is 36.4 Å². The third kappa shape index (κ3) is 4.35. The van der Waals surface area contributed by atoms with Gasteiger partial charge < -0.3 is 10.0 Å². The minimum Gasteiger partial charge on any atom is -0.369 e. The summed E-state index contributed by atoms with van der Waals surface area (Å²) in [5.74, 6) is -0.415. The Kier molecular flexibility index (Phi) is 6.59. The first-order valence-electron chi connectivity index (χ1n) is 10.5. The van der Waals surface area contributed by atoms with Gasteiger partial charge in [0.15, 0.2) is 0 Å². The van der Waals surface area contributed by atoms with Crippen LogP contribution >= 0.6 is 0 Å². The molecule has 33 heavy (non-hydrogen) atoms. The molecule has 2 aromatic rings. The first-order chi connectivity index (χ1) is 15.3. The second kappa shape index (κ2) is 8.66. The third-order valence-electron chi connectivity index (χ3n) is 6.49. The summed E-state index contributed by atoms with van der Waals surface area (Å²) < 4.78 is 79.4. The number of hydrogen-bond donors (Lipinski definition) is 1. The van der Waals surface area contributed by atoms with E-state index >= 15 is 0 Å². The van der Waals surface area contributed by atoms with Crippen LogP contribution < -0.4 is 0 Å². The van der Waals surface area contributed by atoms with Crippen molar-refractivity contribution in [2.24, 2.45) is 0 Å².